The number of nitrogens with zero attached hydrogens (tertiary/aromatic N) is 1. The number of H-pyrrole nitrogens is 1. The minimum atomic E-state index is -0.305. The van der Waals surface area contributed by atoms with Gasteiger partial charge in [0.05, 0.1) is 22.2 Å². The van der Waals surface area contributed by atoms with Gasteiger partial charge in [0.2, 0.25) is 0 Å². The quantitative estimate of drug-likeness (QED) is 0.414. The van der Waals surface area contributed by atoms with E-state index in [0.29, 0.717) is 29.7 Å². The first-order chi connectivity index (χ1) is 15.6. The van der Waals surface area contributed by atoms with Crippen LogP contribution in [0, 0.1) is 6.92 Å². The number of Topliss-reactive ketones (excluding diaryl/α,β-unsaturated/α-hetero) is 1. The van der Waals surface area contributed by atoms with Crippen LogP contribution in [0.4, 0.5) is 5.00 Å². The maximum absolute atomic E-state index is 13.3. The molecule has 1 amide bonds. The number of fused-ring (bicyclic) bond motifs is 3. The molecule has 3 heterocycles. The van der Waals surface area contributed by atoms with Crippen molar-refractivity contribution in [2.75, 3.05) is 5.32 Å². The fourth-order valence-electron chi connectivity index (χ4n) is 5.00. The van der Waals surface area contributed by atoms with E-state index in [-0.39, 0.29) is 17.5 Å². The van der Waals surface area contributed by atoms with Crippen LogP contribution in [0.1, 0.15) is 68.4 Å². The molecule has 0 atom stereocenters. The molecular weight excluding hydrogens is 422 g/mol. The molecule has 0 bridgehead atoms. The molecule has 162 valence electrons. The lowest BCUT2D eigenvalue weighted by Crippen LogP contribution is -2.13. The number of hydrogen-bond donors (Lipinski definition) is 2. The first kappa shape index (κ1) is 19.5. The second-order valence-electron chi connectivity index (χ2n) is 8.60. The number of carbonyl (C=O) groups excluding carboxylic acids is 2. The van der Waals surface area contributed by atoms with E-state index in [1.165, 1.54) is 10.4 Å². The summed E-state index contributed by atoms with van der Waals surface area (Å²) in [7, 11) is 0. The summed E-state index contributed by atoms with van der Waals surface area (Å²) in [6, 6.07) is 7.96. The van der Waals surface area contributed by atoms with E-state index < -0.39 is 0 Å². The molecule has 0 spiro atoms. The lowest BCUT2D eigenvalue weighted by molar-refractivity contribution is 0.0963. The summed E-state index contributed by atoms with van der Waals surface area (Å²) in [6.45, 7) is 1.81. The van der Waals surface area contributed by atoms with E-state index in [0.717, 1.165) is 59.5 Å². The Morgan fingerprint density at radius 2 is 1.94 bits per heavy atom. The average molecular weight is 446 g/mol. The van der Waals surface area contributed by atoms with Gasteiger partial charge in [-0.15, -0.1) is 11.3 Å². The standard InChI is InChI=1S/C25H23N3O3S/c1-13-20-17(29)10-6-11-18(20)31-22(13)24(30)28-25-21(14-7-2-5-12-19(14)32-25)23-26-15-8-3-4-9-16(15)27-23/h3-4,8-9H,2,5-7,10-12H2,1H3,(H,26,27)(H,28,30). The fraction of sp³-hybridized carbons (Fsp3) is 0.320. The van der Waals surface area contributed by atoms with Crippen molar-refractivity contribution in [1.82, 2.24) is 9.97 Å². The number of para-hydroxylation sites is 2. The van der Waals surface area contributed by atoms with Crippen molar-refractivity contribution in [3.8, 4) is 11.4 Å². The van der Waals surface area contributed by atoms with Gasteiger partial charge in [-0.3, -0.25) is 9.59 Å². The molecule has 0 saturated carbocycles. The third kappa shape index (κ3) is 3.03. The molecule has 6 rings (SSSR count). The maximum atomic E-state index is 13.3. The third-order valence-electron chi connectivity index (χ3n) is 6.54. The highest BCUT2D eigenvalue weighted by molar-refractivity contribution is 7.17. The van der Waals surface area contributed by atoms with Crippen molar-refractivity contribution in [2.45, 2.75) is 51.9 Å². The van der Waals surface area contributed by atoms with Crippen molar-refractivity contribution in [2.24, 2.45) is 0 Å². The summed E-state index contributed by atoms with van der Waals surface area (Å²) in [5, 5.41) is 3.90. The molecule has 2 aliphatic rings. The molecule has 0 unspecified atom stereocenters. The zero-order chi connectivity index (χ0) is 21.8. The number of carbonyl (C=O) groups is 2. The monoisotopic (exact) mass is 445 g/mol. The zero-order valence-electron chi connectivity index (χ0n) is 17.8. The lowest BCUT2D eigenvalue weighted by Gasteiger charge is -2.11. The highest BCUT2D eigenvalue weighted by atomic mass is 32.1. The number of thiophene rings is 1. The van der Waals surface area contributed by atoms with Gasteiger partial charge in [0, 0.05) is 23.3 Å². The highest BCUT2D eigenvalue weighted by Gasteiger charge is 2.30. The summed E-state index contributed by atoms with van der Waals surface area (Å²) in [5.74, 6) is 1.44. The molecule has 1 aromatic carbocycles. The number of furan rings is 1. The summed E-state index contributed by atoms with van der Waals surface area (Å²) >= 11 is 1.63. The number of imidazole rings is 1. The van der Waals surface area contributed by atoms with Gasteiger partial charge in [-0.2, -0.15) is 0 Å². The average Bonchev–Trinajstić information content (AvgIpc) is 3.46. The normalized spacial score (nSPS) is 15.6. The summed E-state index contributed by atoms with van der Waals surface area (Å²) < 4.78 is 5.89. The Labute approximate surface area is 189 Å². The summed E-state index contributed by atoms with van der Waals surface area (Å²) in [4.78, 5) is 35.2. The third-order valence-corrected chi connectivity index (χ3v) is 7.74. The largest absolute Gasteiger partial charge is 0.455 e. The second-order valence-corrected chi connectivity index (χ2v) is 9.71. The van der Waals surface area contributed by atoms with Crippen LogP contribution in [-0.2, 0) is 19.3 Å². The van der Waals surface area contributed by atoms with Gasteiger partial charge in [0.15, 0.2) is 11.5 Å². The molecule has 7 heteroatoms. The van der Waals surface area contributed by atoms with Crippen molar-refractivity contribution in [1.29, 1.82) is 0 Å². The van der Waals surface area contributed by atoms with Gasteiger partial charge in [-0.05, 0) is 56.7 Å². The first-order valence-corrected chi connectivity index (χ1v) is 12.0. The van der Waals surface area contributed by atoms with Crippen LogP contribution >= 0.6 is 11.3 Å². The van der Waals surface area contributed by atoms with Crippen molar-refractivity contribution < 1.29 is 14.0 Å². The molecular formula is C25H23N3O3S. The molecule has 4 aromatic rings. The lowest BCUT2D eigenvalue weighted by atomic mass is 9.94. The van der Waals surface area contributed by atoms with Gasteiger partial charge in [-0.25, -0.2) is 4.98 Å². The van der Waals surface area contributed by atoms with Crippen LogP contribution in [0.2, 0.25) is 0 Å². The van der Waals surface area contributed by atoms with Gasteiger partial charge in [-0.1, -0.05) is 12.1 Å². The minimum Gasteiger partial charge on any atom is -0.455 e. The highest BCUT2D eigenvalue weighted by Crippen LogP contribution is 2.44. The first-order valence-electron chi connectivity index (χ1n) is 11.2. The van der Waals surface area contributed by atoms with Crippen molar-refractivity contribution in [3.05, 3.63) is 57.4 Å². The summed E-state index contributed by atoms with van der Waals surface area (Å²) in [5.41, 5.74) is 5.39. The maximum Gasteiger partial charge on any atom is 0.292 e. The Kier molecular flexibility index (Phi) is 4.54. The Bertz CT molecular complexity index is 1360. The van der Waals surface area contributed by atoms with E-state index in [1.54, 1.807) is 18.3 Å². The number of ketones is 1. The molecule has 3 aromatic heterocycles. The predicted octanol–water partition coefficient (Wildman–Crippen LogP) is 5.84. The number of nitrogens with one attached hydrogen (secondary N) is 2. The Hall–Kier alpha value is -3.19. The van der Waals surface area contributed by atoms with Gasteiger partial charge >= 0.3 is 0 Å². The topological polar surface area (TPSA) is 88.0 Å². The van der Waals surface area contributed by atoms with Crippen molar-refractivity contribution >= 4 is 39.1 Å². The molecule has 0 fully saturated rings. The smallest absolute Gasteiger partial charge is 0.292 e. The molecule has 0 aliphatic heterocycles. The van der Waals surface area contributed by atoms with Crippen LogP contribution in [0.15, 0.2) is 28.7 Å². The number of hydrogen-bond acceptors (Lipinski definition) is 5. The van der Waals surface area contributed by atoms with Crippen LogP contribution in [-0.4, -0.2) is 21.7 Å². The summed E-state index contributed by atoms with van der Waals surface area (Å²) in [6.07, 6.45) is 6.29. The molecule has 6 nitrogen and oxygen atoms in total. The predicted molar refractivity (Wildman–Crippen MR) is 125 cm³/mol. The Morgan fingerprint density at radius 1 is 1.09 bits per heavy atom. The fourth-order valence-corrected chi connectivity index (χ4v) is 6.29. The molecule has 2 aliphatic carbocycles. The van der Waals surface area contributed by atoms with E-state index in [9.17, 15) is 9.59 Å². The number of aryl methyl sites for hydroxylation is 2. The molecule has 0 radical (unpaired) electrons. The second kappa shape index (κ2) is 7.45. The number of rotatable bonds is 3. The number of anilines is 1. The van der Waals surface area contributed by atoms with Crippen LogP contribution in [0.25, 0.3) is 22.4 Å². The van der Waals surface area contributed by atoms with E-state index >= 15 is 0 Å². The van der Waals surface area contributed by atoms with Crippen LogP contribution in [0.3, 0.4) is 0 Å². The van der Waals surface area contributed by atoms with Crippen LogP contribution < -0.4 is 5.32 Å². The van der Waals surface area contributed by atoms with Gasteiger partial charge in [0.25, 0.3) is 5.91 Å². The van der Waals surface area contributed by atoms with Crippen molar-refractivity contribution in [3.63, 3.8) is 0 Å². The zero-order valence-corrected chi connectivity index (χ0v) is 18.7. The molecule has 2 N–H and O–H groups in total. The molecule has 32 heavy (non-hydrogen) atoms. The molecule has 0 saturated heterocycles. The van der Waals surface area contributed by atoms with E-state index in [1.807, 2.05) is 24.3 Å². The SMILES string of the molecule is Cc1c(C(=O)Nc2sc3c(c2-c2nc4ccccc4[nH]2)CCCC3)oc2c1C(=O)CCC2. The number of amides is 1. The van der Waals surface area contributed by atoms with Gasteiger partial charge in [0.1, 0.15) is 16.6 Å². The minimum absolute atomic E-state index is 0.0705. The van der Waals surface area contributed by atoms with Gasteiger partial charge < -0.3 is 14.7 Å². The Morgan fingerprint density at radius 3 is 2.78 bits per heavy atom. The number of aromatic amines is 1. The number of aromatic nitrogens is 2. The number of benzene rings is 1. The Balaban J connectivity index is 1.42. The van der Waals surface area contributed by atoms with Crippen LogP contribution in [0.5, 0.6) is 0 Å². The van der Waals surface area contributed by atoms with E-state index in [2.05, 4.69) is 10.3 Å². The van der Waals surface area contributed by atoms with E-state index in [4.69, 9.17) is 9.40 Å².